The summed E-state index contributed by atoms with van der Waals surface area (Å²) in [5, 5.41) is 2.70. The van der Waals surface area contributed by atoms with Gasteiger partial charge in [-0.1, -0.05) is 5.92 Å². The second-order valence-corrected chi connectivity index (χ2v) is 7.58. The van der Waals surface area contributed by atoms with Crippen molar-refractivity contribution in [1.82, 2.24) is 25.3 Å². The SMILES string of the molecule is C#CC1(c2cc(C(=O)NC(C)c3nccnc3-c3ncccn3)cc(C(F)(F)F)c2)CC1. The van der Waals surface area contributed by atoms with Gasteiger partial charge in [-0.2, -0.15) is 13.2 Å². The summed E-state index contributed by atoms with van der Waals surface area (Å²) in [7, 11) is 0. The van der Waals surface area contributed by atoms with Gasteiger partial charge in [-0.3, -0.25) is 9.78 Å². The number of rotatable bonds is 5. The summed E-state index contributed by atoms with van der Waals surface area (Å²) in [6.07, 6.45) is 8.14. The van der Waals surface area contributed by atoms with Crippen molar-refractivity contribution in [3.63, 3.8) is 0 Å². The van der Waals surface area contributed by atoms with Crippen LogP contribution in [0.3, 0.4) is 0 Å². The van der Waals surface area contributed by atoms with Crippen LogP contribution in [0.5, 0.6) is 0 Å². The van der Waals surface area contributed by atoms with E-state index >= 15 is 0 Å². The molecule has 4 rings (SSSR count). The lowest BCUT2D eigenvalue weighted by Gasteiger charge is -2.18. The van der Waals surface area contributed by atoms with Crippen molar-refractivity contribution in [2.45, 2.75) is 37.4 Å². The van der Waals surface area contributed by atoms with E-state index in [0.29, 0.717) is 35.6 Å². The molecule has 9 heteroatoms. The van der Waals surface area contributed by atoms with Crippen LogP contribution in [-0.2, 0) is 11.6 Å². The van der Waals surface area contributed by atoms with Gasteiger partial charge in [0.1, 0.15) is 5.69 Å². The van der Waals surface area contributed by atoms with Gasteiger partial charge in [-0.15, -0.1) is 6.42 Å². The molecular formula is C23H18F3N5O. The lowest BCUT2D eigenvalue weighted by molar-refractivity contribution is -0.137. The van der Waals surface area contributed by atoms with Crippen LogP contribution in [0.25, 0.3) is 11.5 Å². The van der Waals surface area contributed by atoms with Crippen LogP contribution in [0.1, 0.15) is 53.0 Å². The number of alkyl halides is 3. The van der Waals surface area contributed by atoms with Gasteiger partial charge in [0.25, 0.3) is 5.91 Å². The number of carbonyl (C=O) groups excluding carboxylic acids is 1. The molecule has 0 spiro atoms. The highest BCUT2D eigenvalue weighted by atomic mass is 19.4. The van der Waals surface area contributed by atoms with Crippen molar-refractivity contribution in [3.8, 4) is 23.9 Å². The molecule has 1 fully saturated rings. The Morgan fingerprint density at radius 2 is 1.78 bits per heavy atom. The van der Waals surface area contributed by atoms with E-state index in [1.54, 1.807) is 25.4 Å². The predicted molar refractivity (Wildman–Crippen MR) is 110 cm³/mol. The highest BCUT2D eigenvalue weighted by Crippen LogP contribution is 2.48. The maximum Gasteiger partial charge on any atom is 0.416 e. The smallest absolute Gasteiger partial charge is 0.344 e. The predicted octanol–water partition coefficient (Wildman–Crippen LogP) is 4.11. The van der Waals surface area contributed by atoms with Gasteiger partial charge >= 0.3 is 6.18 Å². The van der Waals surface area contributed by atoms with E-state index in [2.05, 4.69) is 31.2 Å². The van der Waals surface area contributed by atoms with Crippen LogP contribution in [0, 0.1) is 12.3 Å². The van der Waals surface area contributed by atoms with E-state index in [4.69, 9.17) is 6.42 Å². The number of nitrogens with zero attached hydrogens (tertiary/aromatic N) is 4. The Labute approximate surface area is 182 Å². The molecule has 1 aliphatic rings. The highest BCUT2D eigenvalue weighted by Gasteiger charge is 2.44. The number of amides is 1. The summed E-state index contributed by atoms with van der Waals surface area (Å²) in [5.74, 6) is 2.22. The molecule has 6 nitrogen and oxygen atoms in total. The van der Waals surface area contributed by atoms with E-state index < -0.39 is 29.1 Å². The van der Waals surface area contributed by atoms with Crippen LogP contribution in [0.15, 0.2) is 49.1 Å². The molecule has 2 heterocycles. The molecule has 0 radical (unpaired) electrons. The average Bonchev–Trinajstić information content (AvgIpc) is 3.60. The minimum atomic E-state index is -4.61. The third-order valence-corrected chi connectivity index (χ3v) is 5.36. The number of benzene rings is 1. The van der Waals surface area contributed by atoms with Gasteiger partial charge in [-0.25, -0.2) is 15.0 Å². The van der Waals surface area contributed by atoms with E-state index in [0.717, 1.165) is 12.1 Å². The Bertz CT molecular complexity index is 1200. The first kappa shape index (κ1) is 21.4. The highest BCUT2D eigenvalue weighted by molar-refractivity contribution is 5.95. The second kappa shape index (κ2) is 8.04. The summed E-state index contributed by atoms with van der Waals surface area (Å²) in [5.41, 5.74) is -0.691. The van der Waals surface area contributed by atoms with E-state index in [9.17, 15) is 18.0 Å². The zero-order chi connectivity index (χ0) is 22.9. The summed E-state index contributed by atoms with van der Waals surface area (Å²) in [4.78, 5) is 29.8. The molecular weight excluding hydrogens is 419 g/mol. The van der Waals surface area contributed by atoms with Crippen molar-refractivity contribution < 1.29 is 18.0 Å². The molecule has 0 bridgehead atoms. The van der Waals surface area contributed by atoms with Crippen LogP contribution in [0.4, 0.5) is 13.2 Å². The fourth-order valence-corrected chi connectivity index (χ4v) is 3.45. The third kappa shape index (κ3) is 4.17. The molecule has 0 aliphatic heterocycles. The molecule has 162 valence electrons. The quantitative estimate of drug-likeness (QED) is 0.608. The number of hydrogen-bond acceptors (Lipinski definition) is 5. The monoisotopic (exact) mass is 437 g/mol. The summed E-state index contributed by atoms with van der Waals surface area (Å²) >= 11 is 0. The largest absolute Gasteiger partial charge is 0.416 e. The first-order valence-electron chi connectivity index (χ1n) is 9.83. The average molecular weight is 437 g/mol. The molecule has 1 atom stereocenters. The Morgan fingerprint density at radius 1 is 1.09 bits per heavy atom. The minimum Gasteiger partial charge on any atom is -0.344 e. The fraction of sp³-hybridized carbons (Fsp3) is 0.261. The lowest BCUT2D eigenvalue weighted by Crippen LogP contribution is -2.28. The van der Waals surface area contributed by atoms with Gasteiger partial charge in [0.05, 0.1) is 22.7 Å². The Hall–Kier alpha value is -3.80. The number of carbonyl (C=O) groups is 1. The van der Waals surface area contributed by atoms with Gasteiger partial charge < -0.3 is 5.32 Å². The van der Waals surface area contributed by atoms with E-state index in [-0.39, 0.29) is 5.56 Å². The standard InChI is InChI=1S/C23H18F3N5O/c1-3-22(5-6-22)16-11-15(12-17(13-16)23(24,25)26)21(32)31-14(2)18-19(28-10-9-27-18)20-29-7-4-8-30-20/h1,4,7-14H,5-6H2,2H3,(H,31,32). The van der Waals surface area contributed by atoms with Gasteiger partial charge in [0, 0.05) is 30.4 Å². The fourth-order valence-electron chi connectivity index (χ4n) is 3.45. The van der Waals surface area contributed by atoms with Gasteiger partial charge in [0.2, 0.25) is 0 Å². The number of terminal acetylenes is 1. The molecule has 32 heavy (non-hydrogen) atoms. The summed E-state index contributed by atoms with van der Waals surface area (Å²) in [6.45, 7) is 1.66. The molecule has 1 N–H and O–H groups in total. The number of aromatic nitrogens is 4. The van der Waals surface area contributed by atoms with Crippen molar-refractivity contribution in [2.75, 3.05) is 0 Å². The van der Waals surface area contributed by atoms with Crippen LogP contribution >= 0.6 is 0 Å². The maximum absolute atomic E-state index is 13.5. The molecule has 1 amide bonds. The summed E-state index contributed by atoms with van der Waals surface area (Å²) in [6, 6.07) is 4.27. The first-order valence-corrected chi connectivity index (χ1v) is 9.83. The maximum atomic E-state index is 13.5. The van der Waals surface area contributed by atoms with Crippen LogP contribution < -0.4 is 5.32 Å². The van der Waals surface area contributed by atoms with Crippen molar-refractivity contribution in [3.05, 3.63) is 71.4 Å². The topological polar surface area (TPSA) is 80.7 Å². The lowest BCUT2D eigenvalue weighted by atomic mass is 9.92. The molecule has 2 aromatic heterocycles. The first-order chi connectivity index (χ1) is 15.2. The summed E-state index contributed by atoms with van der Waals surface area (Å²) < 4.78 is 40.4. The Kier molecular flexibility index (Phi) is 5.38. The van der Waals surface area contributed by atoms with Crippen molar-refractivity contribution in [1.29, 1.82) is 0 Å². The van der Waals surface area contributed by atoms with Gasteiger partial charge in [-0.05, 0) is 49.6 Å². The zero-order valence-electron chi connectivity index (χ0n) is 17.0. The van der Waals surface area contributed by atoms with Crippen molar-refractivity contribution in [2.24, 2.45) is 0 Å². The Balaban J connectivity index is 1.66. The van der Waals surface area contributed by atoms with E-state index in [1.165, 1.54) is 18.5 Å². The molecule has 0 saturated heterocycles. The minimum absolute atomic E-state index is 0.121. The Morgan fingerprint density at radius 3 is 2.41 bits per heavy atom. The zero-order valence-corrected chi connectivity index (χ0v) is 17.0. The van der Waals surface area contributed by atoms with E-state index in [1.807, 2.05) is 0 Å². The molecule has 1 unspecified atom stereocenters. The molecule has 1 aliphatic carbocycles. The van der Waals surface area contributed by atoms with Gasteiger partial charge in [0.15, 0.2) is 5.82 Å². The van der Waals surface area contributed by atoms with Crippen LogP contribution in [0.2, 0.25) is 0 Å². The third-order valence-electron chi connectivity index (χ3n) is 5.36. The number of nitrogens with one attached hydrogen (secondary N) is 1. The molecule has 1 saturated carbocycles. The second-order valence-electron chi connectivity index (χ2n) is 7.58. The number of hydrogen-bond donors (Lipinski definition) is 1. The van der Waals surface area contributed by atoms with Crippen LogP contribution in [-0.4, -0.2) is 25.8 Å². The molecule has 1 aromatic carbocycles. The van der Waals surface area contributed by atoms with Crippen molar-refractivity contribution >= 4 is 5.91 Å². The number of halogens is 3. The normalized spacial score (nSPS) is 15.5. The molecule has 3 aromatic rings.